The summed E-state index contributed by atoms with van der Waals surface area (Å²) in [7, 11) is 0. The van der Waals surface area contributed by atoms with Crippen LogP contribution in [-0.2, 0) is 13.1 Å². The van der Waals surface area contributed by atoms with E-state index in [1.54, 1.807) is 11.3 Å². The highest BCUT2D eigenvalue weighted by Gasteiger charge is 1.95. The average molecular weight is 283 g/mol. The minimum atomic E-state index is 0.811. The first kappa shape index (κ1) is 10.8. The monoisotopic (exact) mass is 282 g/mol. The summed E-state index contributed by atoms with van der Waals surface area (Å²) in [5.74, 6) is 0. The van der Waals surface area contributed by atoms with Gasteiger partial charge in [-0.05, 0) is 39.5 Å². The molecule has 4 heteroatoms. The Morgan fingerprint density at radius 3 is 2.87 bits per heavy atom. The van der Waals surface area contributed by atoms with Crippen LogP contribution >= 0.6 is 27.3 Å². The lowest BCUT2D eigenvalue weighted by Gasteiger charge is -2.02. The second-order valence-electron chi connectivity index (χ2n) is 3.15. The van der Waals surface area contributed by atoms with Gasteiger partial charge in [-0.2, -0.15) is 0 Å². The minimum Gasteiger partial charge on any atom is -0.306 e. The molecular formula is C11H11BrN2S. The van der Waals surface area contributed by atoms with Crippen molar-refractivity contribution in [2.45, 2.75) is 13.1 Å². The molecule has 0 aliphatic rings. The first-order chi connectivity index (χ1) is 7.34. The van der Waals surface area contributed by atoms with E-state index >= 15 is 0 Å². The summed E-state index contributed by atoms with van der Waals surface area (Å²) in [6.45, 7) is 1.72. The Hall–Kier alpha value is -0.710. The van der Waals surface area contributed by atoms with E-state index in [4.69, 9.17) is 0 Å². The lowest BCUT2D eigenvalue weighted by atomic mass is 10.3. The molecule has 2 aromatic heterocycles. The fourth-order valence-electron chi connectivity index (χ4n) is 1.24. The normalized spacial score (nSPS) is 10.5. The van der Waals surface area contributed by atoms with Gasteiger partial charge in [-0.1, -0.05) is 6.07 Å². The van der Waals surface area contributed by atoms with E-state index in [9.17, 15) is 0 Å². The number of aromatic nitrogens is 1. The maximum Gasteiger partial charge on any atom is 0.0542 e. The van der Waals surface area contributed by atoms with Crippen LogP contribution in [0.2, 0.25) is 0 Å². The lowest BCUT2D eigenvalue weighted by Crippen LogP contribution is -2.12. The van der Waals surface area contributed by atoms with Gasteiger partial charge < -0.3 is 5.32 Å². The molecule has 0 amide bonds. The zero-order chi connectivity index (χ0) is 10.5. The van der Waals surface area contributed by atoms with Gasteiger partial charge in [0.05, 0.1) is 5.69 Å². The van der Waals surface area contributed by atoms with Crippen LogP contribution in [0.15, 0.2) is 40.3 Å². The van der Waals surface area contributed by atoms with Gasteiger partial charge in [-0.25, -0.2) is 0 Å². The number of thiophene rings is 1. The molecule has 2 rings (SSSR count). The number of nitrogens with one attached hydrogen (secondary N) is 1. The van der Waals surface area contributed by atoms with E-state index in [2.05, 4.69) is 43.7 Å². The molecule has 0 aliphatic heterocycles. The van der Waals surface area contributed by atoms with Gasteiger partial charge in [0.15, 0.2) is 0 Å². The summed E-state index contributed by atoms with van der Waals surface area (Å²) >= 11 is 5.13. The van der Waals surface area contributed by atoms with Gasteiger partial charge in [0.25, 0.3) is 0 Å². The van der Waals surface area contributed by atoms with Crippen molar-refractivity contribution in [2.75, 3.05) is 0 Å². The molecule has 15 heavy (non-hydrogen) atoms. The van der Waals surface area contributed by atoms with Gasteiger partial charge in [0.1, 0.15) is 0 Å². The standard InChI is InChI=1S/C11H11BrN2S/c12-9-3-4-10(14-6-9)7-13-8-11-2-1-5-15-11/h1-6,13H,7-8H2. The SMILES string of the molecule is Brc1ccc(CNCc2cccs2)nc1. The van der Waals surface area contributed by atoms with Crippen molar-refractivity contribution in [1.29, 1.82) is 0 Å². The van der Waals surface area contributed by atoms with Crippen molar-refractivity contribution in [1.82, 2.24) is 10.3 Å². The summed E-state index contributed by atoms with van der Waals surface area (Å²) in [6, 6.07) is 8.23. The summed E-state index contributed by atoms with van der Waals surface area (Å²) in [5.41, 5.74) is 1.06. The Bertz CT molecular complexity index is 397. The molecule has 2 heterocycles. The third-order valence-electron chi connectivity index (χ3n) is 1.97. The van der Waals surface area contributed by atoms with E-state index in [0.717, 1.165) is 23.3 Å². The molecule has 0 saturated carbocycles. The first-order valence-corrected chi connectivity index (χ1v) is 6.35. The number of hydrogen-bond acceptors (Lipinski definition) is 3. The van der Waals surface area contributed by atoms with Gasteiger partial charge in [0, 0.05) is 28.6 Å². The number of hydrogen-bond donors (Lipinski definition) is 1. The van der Waals surface area contributed by atoms with Crippen LogP contribution in [0, 0.1) is 0 Å². The molecule has 0 fully saturated rings. The quantitative estimate of drug-likeness (QED) is 0.932. The first-order valence-electron chi connectivity index (χ1n) is 4.68. The van der Waals surface area contributed by atoms with Crippen LogP contribution in [0.3, 0.4) is 0 Å². The Morgan fingerprint density at radius 1 is 1.27 bits per heavy atom. The Morgan fingerprint density at radius 2 is 2.20 bits per heavy atom. The number of rotatable bonds is 4. The van der Waals surface area contributed by atoms with Crippen molar-refractivity contribution < 1.29 is 0 Å². The summed E-state index contributed by atoms with van der Waals surface area (Å²) in [6.07, 6.45) is 1.82. The second kappa shape index (κ2) is 5.39. The van der Waals surface area contributed by atoms with Crippen LogP contribution in [0.5, 0.6) is 0 Å². The third kappa shape index (κ3) is 3.41. The molecule has 1 N–H and O–H groups in total. The average Bonchev–Trinajstić information content (AvgIpc) is 2.74. The number of pyridine rings is 1. The molecule has 0 bridgehead atoms. The van der Waals surface area contributed by atoms with Crippen LogP contribution in [0.1, 0.15) is 10.6 Å². The molecule has 0 aromatic carbocycles. The van der Waals surface area contributed by atoms with Crippen molar-refractivity contribution in [3.05, 3.63) is 50.9 Å². The number of halogens is 1. The van der Waals surface area contributed by atoms with E-state index in [0.29, 0.717) is 0 Å². The van der Waals surface area contributed by atoms with E-state index in [1.165, 1.54) is 4.88 Å². The highest BCUT2D eigenvalue weighted by Crippen LogP contribution is 2.09. The predicted octanol–water partition coefficient (Wildman–Crippen LogP) is 3.20. The van der Waals surface area contributed by atoms with Crippen LogP contribution in [-0.4, -0.2) is 4.98 Å². The van der Waals surface area contributed by atoms with Crippen molar-refractivity contribution in [2.24, 2.45) is 0 Å². The largest absolute Gasteiger partial charge is 0.306 e. The van der Waals surface area contributed by atoms with Crippen molar-refractivity contribution >= 4 is 27.3 Å². The molecule has 0 radical (unpaired) electrons. The minimum absolute atomic E-state index is 0.811. The fourth-order valence-corrected chi connectivity index (χ4v) is 2.15. The van der Waals surface area contributed by atoms with Gasteiger partial charge in [-0.15, -0.1) is 11.3 Å². The molecule has 2 aromatic rings. The molecule has 0 saturated heterocycles. The number of nitrogens with zero attached hydrogens (tertiary/aromatic N) is 1. The maximum absolute atomic E-state index is 4.29. The van der Waals surface area contributed by atoms with Crippen molar-refractivity contribution in [3.8, 4) is 0 Å². The smallest absolute Gasteiger partial charge is 0.0542 e. The van der Waals surface area contributed by atoms with Crippen LogP contribution in [0.4, 0.5) is 0 Å². The fraction of sp³-hybridized carbons (Fsp3) is 0.182. The zero-order valence-electron chi connectivity index (χ0n) is 8.11. The summed E-state index contributed by atoms with van der Waals surface area (Å²) < 4.78 is 1.02. The molecule has 2 nitrogen and oxygen atoms in total. The molecule has 0 spiro atoms. The molecule has 0 aliphatic carbocycles. The molecule has 78 valence electrons. The second-order valence-corrected chi connectivity index (χ2v) is 5.10. The third-order valence-corrected chi connectivity index (χ3v) is 3.32. The van der Waals surface area contributed by atoms with E-state index in [-0.39, 0.29) is 0 Å². The van der Waals surface area contributed by atoms with Gasteiger partial charge in [0.2, 0.25) is 0 Å². The topological polar surface area (TPSA) is 24.9 Å². The Balaban J connectivity index is 1.81. The summed E-state index contributed by atoms with van der Waals surface area (Å²) in [4.78, 5) is 5.64. The zero-order valence-corrected chi connectivity index (χ0v) is 10.5. The van der Waals surface area contributed by atoms with Crippen molar-refractivity contribution in [3.63, 3.8) is 0 Å². The molecular weight excluding hydrogens is 272 g/mol. The van der Waals surface area contributed by atoms with Gasteiger partial charge in [-0.3, -0.25) is 4.98 Å². The van der Waals surface area contributed by atoms with Gasteiger partial charge >= 0.3 is 0 Å². The summed E-state index contributed by atoms with van der Waals surface area (Å²) in [5, 5.41) is 5.45. The maximum atomic E-state index is 4.29. The highest BCUT2D eigenvalue weighted by atomic mass is 79.9. The van der Waals surface area contributed by atoms with E-state index < -0.39 is 0 Å². The lowest BCUT2D eigenvalue weighted by molar-refractivity contribution is 0.686. The highest BCUT2D eigenvalue weighted by molar-refractivity contribution is 9.10. The molecule has 0 atom stereocenters. The Labute approximate surface area is 101 Å². The van der Waals surface area contributed by atoms with Crippen LogP contribution < -0.4 is 5.32 Å². The predicted molar refractivity (Wildman–Crippen MR) is 66.8 cm³/mol. The van der Waals surface area contributed by atoms with E-state index in [1.807, 2.05) is 18.3 Å². The Kier molecular flexibility index (Phi) is 3.88. The molecule has 0 unspecified atom stereocenters. The van der Waals surface area contributed by atoms with Crippen LogP contribution in [0.25, 0.3) is 0 Å².